The molecule has 0 fully saturated rings. The third-order valence-corrected chi connectivity index (χ3v) is 5.04. The molecular formula is C16H20N2O5S. The molecule has 1 aliphatic rings. The number of carbonyl (C=O) groups excluding carboxylic acids is 1. The van der Waals surface area contributed by atoms with Gasteiger partial charge in [-0.05, 0) is 43.0 Å². The van der Waals surface area contributed by atoms with Crippen LogP contribution in [0.2, 0.25) is 0 Å². The maximum atomic E-state index is 12.3. The van der Waals surface area contributed by atoms with Gasteiger partial charge < -0.3 is 10.4 Å². The average molecular weight is 352 g/mol. The van der Waals surface area contributed by atoms with Crippen molar-refractivity contribution in [2.24, 2.45) is 0 Å². The highest BCUT2D eigenvalue weighted by atomic mass is 32.2. The van der Waals surface area contributed by atoms with Crippen molar-refractivity contribution in [3.8, 4) is 0 Å². The van der Waals surface area contributed by atoms with E-state index >= 15 is 0 Å². The number of anilines is 1. The molecule has 8 heteroatoms. The summed E-state index contributed by atoms with van der Waals surface area (Å²) in [5, 5.41) is 11.6. The minimum Gasteiger partial charge on any atom is -0.480 e. The zero-order valence-electron chi connectivity index (χ0n) is 13.4. The van der Waals surface area contributed by atoms with Gasteiger partial charge in [0.25, 0.3) is 5.91 Å². The summed E-state index contributed by atoms with van der Waals surface area (Å²) in [6, 6.07) is 3.71. The highest BCUT2D eigenvalue weighted by Gasteiger charge is 2.27. The van der Waals surface area contributed by atoms with Crippen molar-refractivity contribution in [1.82, 2.24) is 5.32 Å². The molecule has 0 bridgehead atoms. The zero-order chi connectivity index (χ0) is 17.9. The Kier molecular flexibility index (Phi) is 5.28. The van der Waals surface area contributed by atoms with Crippen LogP contribution in [0.1, 0.15) is 28.8 Å². The summed E-state index contributed by atoms with van der Waals surface area (Å²) in [7, 11) is -3.34. The molecular weight excluding hydrogens is 332 g/mol. The van der Waals surface area contributed by atoms with Crippen LogP contribution in [-0.4, -0.2) is 44.2 Å². The predicted molar refractivity (Wildman–Crippen MR) is 90.7 cm³/mol. The van der Waals surface area contributed by atoms with Gasteiger partial charge in [0.2, 0.25) is 10.0 Å². The summed E-state index contributed by atoms with van der Waals surface area (Å²) in [4.78, 5) is 23.5. The van der Waals surface area contributed by atoms with E-state index in [9.17, 15) is 18.0 Å². The fraction of sp³-hybridized carbons (Fsp3) is 0.375. The fourth-order valence-corrected chi connectivity index (χ4v) is 3.60. The summed E-state index contributed by atoms with van der Waals surface area (Å²) < 4.78 is 24.7. The third kappa shape index (κ3) is 3.94. The van der Waals surface area contributed by atoms with Gasteiger partial charge in [0.05, 0.1) is 11.9 Å². The van der Waals surface area contributed by atoms with Crippen molar-refractivity contribution >= 4 is 27.6 Å². The maximum absolute atomic E-state index is 12.3. The van der Waals surface area contributed by atoms with E-state index in [1.807, 2.05) is 0 Å². The van der Waals surface area contributed by atoms with E-state index in [1.54, 1.807) is 18.2 Å². The molecule has 0 aromatic heterocycles. The van der Waals surface area contributed by atoms with E-state index < -0.39 is 27.9 Å². The Bertz CT molecular complexity index is 773. The number of fused-ring (bicyclic) bond motifs is 1. The number of nitrogens with one attached hydrogen (secondary N) is 1. The normalized spacial score (nSPS) is 14.8. The van der Waals surface area contributed by atoms with Crippen LogP contribution in [0.25, 0.3) is 0 Å². The molecule has 1 atom stereocenters. The minimum absolute atomic E-state index is 0.261. The van der Waals surface area contributed by atoms with E-state index in [2.05, 4.69) is 11.9 Å². The molecule has 0 radical (unpaired) electrons. The monoisotopic (exact) mass is 352 g/mol. The van der Waals surface area contributed by atoms with Crippen LogP contribution in [0.3, 0.4) is 0 Å². The quantitative estimate of drug-likeness (QED) is 0.717. The van der Waals surface area contributed by atoms with E-state index in [0.717, 1.165) is 11.8 Å². The van der Waals surface area contributed by atoms with Crippen LogP contribution in [0.15, 0.2) is 30.9 Å². The molecule has 1 unspecified atom stereocenters. The van der Waals surface area contributed by atoms with E-state index in [0.29, 0.717) is 30.6 Å². The first-order chi connectivity index (χ1) is 11.2. The molecule has 0 spiro atoms. The molecule has 0 aliphatic carbocycles. The molecule has 130 valence electrons. The van der Waals surface area contributed by atoms with Gasteiger partial charge in [-0.1, -0.05) is 6.08 Å². The number of carboxylic acid groups (broad SMARTS) is 1. The lowest BCUT2D eigenvalue weighted by Gasteiger charge is -2.17. The van der Waals surface area contributed by atoms with Gasteiger partial charge in [-0.2, -0.15) is 0 Å². The Hall–Kier alpha value is -2.35. The Morgan fingerprint density at radius 1 is 1.46 bits per heavy atom. The Morgan fingerprint density at radius 3 is 2.75 bits per heavy atom. The van der Waals surface area contributed by atoms with E-state index in [1.165, 1.54) is 10.4 Å². The molecule has 7 nitrogen and oxygen atoms in total. The number of benzene rings is 1. The van der Waals surface area contributed by atoms with Gasteiger partial charge in [0.15, 0.2) is 0 Å². The summed E-state index contributed by atoms with van der Waals surface area (Å²) in [6.07, 6.45) is 3.99. The molecule has 1 aromatic rings. The number of hydrogen-bond donors (Lipinski definition) is 2. The van der Waals surface area contributed by atoms with Crippen LogP contribution in [-0.2, 0) is 21.2 Å². The number of sulfonamides is 1. The second kappa shape index (κ2) is 7.04. The molecule has 2 rings (SSSR count). The summed E-state index contributed by atoms with van der Waals surface area (Å²) in [5.41, 5.74) is 1.63. The number of allylic oxidation sites excluding steroid dienone is 1. The summed E-state index contributed by atoms with van der Waals surface area (Å²) >= 11 is 0. The molecule has 1 aliphatic heterocycles. The predicted octanol–water partition coefficient (Wildman–Crippen LogP) is 1.16. The second-order valence-corrected chi connectivity index (χ2v) is 7.57. The summed E-state index contributed by atoms with van der Waals surface area (Å²) in [5.74, 6) is -1.60. The molecule has 0 saturated heterocycles. The lowest BCUT2D eigenvalue weighted by atomic mass is 10.1. The van der Waals surface area contributed by atoms with Gasteiger partial charge in [-0.3, -0.25) is 9.10 Å². The summed E-state index contributed by atoms with van der Waals surface area (Å²) in [6.45, 7) is 3.88. The highest BCUT2D eigenvalue weighted by molar-refractivity contribution is 7.92. The van der Waals surface area contributed by atoms with E-state index in [4.69, 9.17) is 5.11 Å². The van der Waals surface area contributed by atoms with Gasteiger partial charge in [0.1, 0.15) is 6.04 Å². The standard InChI is InChI=1S/C16H20N2O5S/c1-3-4-5-13(16(20)21)17-15(19)12-6-7-14-11(10-12)8-9-18(14)24(2,22)23/h3,6-7,10,13H,1,4-5,8-9H2,2H3,(H,17,19)(H,20,21). The lowest BCUT2D eigenvalue weighted by molar-refractivity contribution is -0.139. The van der Waals surface area contributed by atoms with Gasteiger partial charge in [-0.25, -0.2) is 13.2 Å². The number of amides is 1. The largest absolute Gasteiger partial charge is 0.480 e. The van der Waals surface area contributed by atoms with Crippen LogP contribution in [0.4, 0.5) is 5.69 Å². The van der Waals surface area contributed by atoms with Crippen molar-refractivity contribution in [2.45, 2.75) is 25.3 Å². The average Bonchev–Trinajstić information content (AvgIpc) is 2.93. The van der Waals surface area contributed by atoms with Crippen LogP contribution in [0, 0.1) is 0 Å². The van der Waals surface area contributed by atoms with Crippen molar-refractivity contribution in [1.29, 1.82) is 0 Å². The number of hydrogen-bond acceptors (Lipinski definition) is 4. The van der Waals surface area contributed by atoms with Crippen molar-refractivity contribution in [2.75, 3.05) is 17.1 Å². The molecule has 1 amide bonds. The van der Waals surface area contributed by atoms with Crippen LogP contribution >= 0.6 is 0 Å². The fourth-order valence-electron chi connectivity index (χ4n) is 2.64. The smallest absolute Gasteiger partial charge is 0.326 e. The van der Waals surface area contributed by atoms with Gasteiger partial charge in [0, 0.05) is 12.1 Å². The van der Waals surface area contributed by atoms with Crippen molar-refractivity contribution in [3.63, 3.8) is 0 Å². The van der Waals surface area contributed by atoms with Crippen molar-refractivity contribution in [3.05, 3.63) is 42.0 Å². The topological polar surface area (TPSA) is 104 Å². The van der Waals surface area contributed by atoms with E-state index in [-0.39, 0.29) is 6.42 Å². The Morgan fingerprint density at radius 2 is 2.17 bits per heavy atom. The third-order valence-electron chi connectivity index (χ3n) is 3.86. The number of carboxylic acids is 1. The minimum atomic E-state index is -3.34. The first-order valence-electron chi connectivity index (χ1n) is 7.49. The molecule has 2 N–H and O–H groups in total. The lowest BCUT2D eigenvalue weighted by Crippen LogP contribution is -2.40. The maximum Gasteiger partial charge on any atom is 0.326 e. The van der Waals surface area contributed by atoms with Gasteiger partial charge >= 0.3 is 5.97 Å². The van der Waals surface area contributed by atoms with Crippen molar-refractivity contribution < 1.29 is 23.1 Å². The van der Waals surface area contributed by atoms with Crippen LogP contribution in [0.5, 0.6) is 0 Å². The molecule has 1 heterocycles. The first-order valence-corrected chi connectivity index (χ1v) is 9.34. The first kappa shape index (κ1) is 18.0. The molecule has 0 saturated carbocycles. The SMILES string of the molecule is C=CCCC(NC(=O)c1ccc2c(c1)CCN2S(C)(=O)=O)C(=O)O. The van der Waals surface area contributed by atoms with Crippen LogP contribution < -0.4 is 9.62 Å². The zero-order valence-corrected chi connectivity index (χ0v) is 14.2. The number of nitrogens with zero attached hydrogens (tertiary/aromatic N) is 1. The Balaban J connectivity index is 2.17. The number of aliphatic carboxylic acids is 1. The Labute approximate surface area is 141 Å². The van der Waals surface area contributed by atoms with Gasteiger partial charge in [-0.15, -0.1) is 6.58 Å². The molecule has 1 aromatic carbocycles. The number of rotatable bonds is 7. The molecule has 24 heavy (non-hydrogen) atoms. The number of carbonyl (C=O) groups is 2. The highest BCUT2D eigenvalue weighted by Crippen LogP contribution is 2.30. The second-order valence-electron chi connectivity index (χ2n) is 5.66.